The van der Waals surface area contributed by atoms with Crippen LogP contribution in [0.15, 0.2) is 119 Å². The van der Waals surface area contributed by atoms with Gasteiger partial charge in [0.1, 0.15) is 17.2 Å². The van der Waals surface area contributed by atoms with Gasteiger partial charge in [0.25, 0.3) is 11.1 Å². The van der Waals surface area contributed by atoms with Crippen LogP contribution in [-0.4, -0.2) is 63.7 Å². The summed E-state index contributed by atoms with van der Waals surface area (Å²) in [7, 11) is 1.58. The highest BCUT2D eigenvalue weighted by Gasteiger charge is 2.12. The van der Waals surface area contributed by atoms with Crippen LogP contribution >= 0.6 is 70.5 Å². The van der Waals surface area contributed by atoms with Gasteiger partial charge in [0, 0.05) is 46.7 Å². The fourth-order valence-corrected chi connectivity index (χ4v) is 5.38. The van der Waals surface area contributed by atoms with Gasteiger partial charge in [-0.15, -0.1) is 70.5 Å². The summed E-state index contributed by atoms with van der Waals surface area (Å²) in [6.45, 7) is 1.88. The molecule has 18 heteroatoms. The Morgan fingerprint density at radius 1 is 0.729 bits per heavy atom. The number of pyridine rings is 2. The molecule has 0 aliphatic rings. The van der Waals surface area contributed by atoms with E-state index in [1.165, 1.54) is 57.8 Å². The van der Waals surface area contributed by atoms with Crippen LogP contribution in [0.4, 0.5) is 0 Å². The van der Waals surface area contributed by atoms with Crippen molar-refractivity contribution in [1.82, 2.24) is 9.13 Å². The van der Waals surface area contributed by atoms with E-state index in [0.29, 0.717) is 55.4 Å². The first kappa shape index (κ1) is 48.5. The lowest BCUT2D eigenvalue weighted by molar-refractivity contribution is -0.137. The van der Waals surface area contributed by atoms with Gasteiger partial charge in [-0.1, -0.05) is 6.07 Å². The maximum absolute atomic E-state index is 13.0. The minimum Gasteiger partial charge on any atom is -0.508 e. The molecule has 0 saturated heterocycles. The van der Waals surface area contributed by atoms with E-state index >= 15 is 0 Å². The second-order valence-electron chi connectivity index (χ2n) is 11.6. The van der Waals surface area contributed by atoms with Crippen LogP contribution in [0.3, 0.4) is 0 Å². The van der Waals surface area contributed by atoms with Gasteiger partial charge in [0.15, 0.2) is 0 Å². The lowest BCUT2D eigenvalue weighted by atomic mass is 10.0. The van der Waals surface area contributed by atoms with Crippen molar-refractivity contribution in [2.45, 2.75) is 13.5 Å². The maximum atomic E-state index is 13.0. The minimum atomic E-state index is -1.12. The number of aliphatic hydroxyl groups excluding tert-OH is 1. The maximum Gasteiger partial charge on any atom is 0.369 e. The van der Waals surface area contributed by atoms with Gasteiger partial charge < -0.3 is 29.9 Å². The number of nitrogens with zero attached hydrogens (tertiary/aromatic N) is 2. The van der Waals surface area contributed by atoms with Crippen LogP contribution in [0, 0.1) is 0 Å². The van der Waals surface area contributed by atoms with Crippen LogP contribution in [0.1, 0.15) is 23.6 Å². The number of rotatable bonds is 9. The summed E-state index contributed by atoms with van der Waals surface area (Å²) in [5.41, 5.74) is 2.49. The van der Waals surface area contributed by atoms with Gasteiger partial charge in [-0.25, -0.2) is 9.59 Å². The van der Waals surface area contributed by atoms with Gasteiger partial charge in [0.05, 0.1) is 25.7 Å². The molecule has 6 rings (SSSR count). The molecule has 4 aromatic carbocycles. The number of aliphatic hydroxyl groups is 1. The second-order valence-corrected chi connectivity index (χ2v) is 18.8. The van der Waals surface area contributed by atoms with Crippen LogP contribution in [0.5, 0.6) is 17.2 Å². The smallest absolute Gasteiger partial charge is 0.369 e. The van der Waals surface area contributed by atoms with Gasteiger partial charge in [-0.2, -0.15) is 0 Å². The molecular formula is C41H36BBr3Cl2N2O10. The molecule has 6 aromatic rings. The van der Waals surface area contributed by atoms with Crippen molar-refractivity contribution in [1.29, 1.82) is 0 Å². The van der Waals surface area contributed by atoms with Gasteiger partial charge >= 0.3 is 15.1 Å². The summed E-state index contributed by atoms with van der Waals surface area (Å²) in [6, 6.07) is 22.6. The molecule has 0 radical (unpaired) electrons. The summed E-state index contributed by atoms with van der Waals surface area (Å²) >= 11 is 18.8. The lowest BCUT2D eigenvalue weighted by Gasteiger charge is -2.12. The number of benzene rings is 4. The number of ether oxygens (including phenoxy) is 2. The topological polar surface area (TPSA) is 178 Å². The van der Waals surface area contributed by atoms with Crippen molar-refractivity contribution in [2.75, 3.05) is 19.1 Å². The van der Waals surface area contributed by atoms with Crippen molar-refractivity contribution in [3.8, 4) is 28.6 Å². The first-order valence-corrected chi connectivity index (χ1v) is 20.9. The molecule has 0 bridgehead atoms. The summed E-state index contributed by atoms with van der Waals surface area (Å²) in [5.74, 6) is -0.841. The largest absolute Gasteiger partial charge is 0.508 e. The Morgan fingerprint density at radius 2 is 1.19 bits per heavy atom. The molecule has 0 aliphatic heterocycles. The van der Waals surface area contributed by atoms with Crippen molar-refractivity contribution in [3.05, 3.63) is 147 Å². The molecule has 0 amide bonds. The van der Waals surface area contributed by atoms with E-state index in [4.69, 9.17) is 37.8 Å². The Hall–Kier alpha value is -4.84. The number of carboxylic acids is 1. The SMILES string of the molecule is BrB(Br)Br.CCOC(=O)/C=C/c1cn(-c2ccc(OC)cc2)c(=O)c2ccc(CO)cc12.ClCCl.O=C(O)/C=C/c1cn(-c2ccc(O)cc2)c(=O)c2ccc(O)cc12. The third-order valence-electron chi connectivity index (χ3n) is 7.90. The summed E-state index contributed by atoms with van der Waals surface area (Å²) < 4.78 is 13.3. The number of phenolic OH excluding ortho intramolecular Hbond substituents is 2. The van der Waals surface area contributed by atoms with Crippen LogP contribution < -0.4 is 15.9 Å². The molecule has 2 heterocycles. The van der Waals surface area contributed by atoms with Gasteiger partial charge in [-0.3, -0.25) is 18.7 Å². The standard InChI is InChI=1S/C22H21NO5.C18H13NO5.CH2Cl2.BBr3/c1-3-28-21(25)11-5-16-13-23(17-6-8-18(27-2)9-7-17)22(26)19-10-4-15(14-24)12-20(16)19;20-13-4-2-12(3-5-13)19-10-11(1-8-17(22)23)16-9-14(21)6-7-15(16)18(19)24;2-1-3;2-1(3)4/h4-13,24H,3,14H2,1-2H3;1-10,20-21H,(H,22,23);1H2;/b11-5+;8-1+;;. The third-order valence-corrected chi connectivity index (χ3v) is 7.90. The molecule has 0 aliphatic carbocycles. The zero-order valence-electron chi connectivity index (χ0n) is 31.3. The number of hydrogen-bond donors (Lipinski definition) is 4. The highest BCUT2D eigenvalue weighted by Crippen LogP contribution is 2.25. The highest BCUT2D eigenvalue weighted by atomic mass is 79.9. The van der Waals surface area contributed by atoms with E-state index < -0.39 is 11.9 Å². The van der Waals surface area contributed by atoms with Crippen molar-refractivity contribution >= 4 is 119 Å². The molecule has 59 heavy (non-hydrogen) atoms. The number of aliphatic carboxylic acids is 1. The first-order chi connectivity index (χ1) is 28.2. The Kier molecular flexibility index (Phi) is 20.0. The summed E-state index contributed by atoms with van der Waals surface area (Å²) in [5, 5.41) is 39.5. The molecule has 0 spiro atoms. The summed E-state index contributed by atoms with van der Waals surface area (Å²) in [6.07, 6.45) is 8.43. The molecule has 308 valence electrons. The number of carbonyl (C=O) groups is 2. The number of aromatic nitrogens is 2. The number of hydrogen-bond acceptors (Lipinski definition) is 9. The monoisotopic (exact) mass is 1030 g/mol. The van der Waals surface area contributed by atoms with Gasteiger partial charge in [0.2, 0.25) is 0 Å². The lowest BCUT2D eigenvalue weighted by Crippen LogP contribution is -2.18. The van der Waals surface area contributed by atoms with E-state index in [-0.39, 0.29) is 44.4 Å². The zero-order chi connectivity index (χ0) is 43.6. The van der Waals surface area contributed by atoms with Crippen molar-refractivity contribution < 1.29 is 39.5 Å². The fourth-order valence-electron chi connectivity index (χ4n) is 5.38. The van der Waals surface area contributed by atoms with Crippen molar-refractivity contribution in [2.24, 2.45) is 0 Å². The molecule has 0 fully saturated rings. The minimum absolute atomic E-state index is 0.0192. The van der Waals surface area contributed by atoms with E-state index in [1.807, 2.05) is 0 Å². The average molecular weight is 1040 g/mol. The highest BCUT2D eigenvalue weighted by molar-refractivity contribution is 9.69. The quantitative estimate of drug-likeness (QED) is 0.0473. The fraction of sp³-hybridized carbons (Fsp3) is 0.122. The number of carbonyl (C=O) groups excluding carboxylic acids is 1. The zero-order valence-corrected chi connectivity index (χ0v) is 37.5. The van der Waals surface area contributed by atoms with Gasteiger partial charge in [-0.05, 0) is 125 Å². The van der Waals surface area contributed by atoms with Crippen LogP contribution in [-0.2, 0) is 20.9 Å². The molecule has 4 N–H and O–H groups in total. The molecular weight excluding hydrogens is 1000 g/mol. The average Bonchev–Trinajstić information content (AvgIpc) is 3.21. The number of carboxylic acid groups (broad SMARTS) is 1. The second kappa shape index (κ2) is 24.3. The number of phenols is 2. The van der Waals surface area contributed by atoms with Crippen molar-refractivity contribution in [3.63, 3.8) is 0 Å². The molecule has 2 aromatic heterocycles. The Balaban J connectivity index is 0.000000275. The predicted molar refractivity (Wildman–Crippen MR) is 246 cm³/mol. The normalized spacial score (nSPS) is 10.6. The number of esters is 1. The molecule has 0 atom stereocenters. The Bertz CT molecular complexity index is 2550. The Labute approximate surface area is 373 Å². The number of methoxy groups -OCH3 is 1. The summed E-state index contributed by atoms with van der Waals surface area (Å²) in [4.78, 5) is 48.3. The predicted octanol–water partition coefficient (Wildman–Crippen LogP) is 9.15. The van der Waals surface area contributed by atoms with E-state index in [9.17, 15) is 34.5 Å². The van der Waals surface area contributed by atoms with E-state index in [0.717, 1.165) is 6.08 Å². The van der Waals surface area contributed by atoms with E-state index in [2.05, 4.69) is 47.3 Å². The third kappa shape index (κ3) is 14.4. The molecule has 0 unspecified atom stereocenters. The number of alkyl halides is 2. The van der Waals surface area contributed by atoms with Crippen LogP contribution in [0.2, 0.25) is 0 Å². The first-order valence-electron chi connectivity index (χ1n) is 17.1. The number of fused-ring (bicyclic) bond motifs is 2. The molecule has 12 nitrogen and oxygen atoms in total. The Morgan fingerprint density at radius 3 is 1.66 bits per heavy atom. The number of aromatic hydroxyl groups is 2. The molecule has 0 saturated carbocycles. The number of halogens is 5. The van der Waals surface area contributed by atoms with Crippen LogP contribution in [0.25, 0.3) is 45.1 Å². The van der Waals surface area contributed by atoms with E-state index in [1.54, 1.807) is 80.9 Å².